The lowest BCUT2D eigenvalue weighted by Gasteiger charge is -2.36. The molecule has 1 atom stereocenters. The Kier molecular flexibility index (Phi) is 10.4. The molecule has 2 aliphatic rings. The molecule has 8 heteroatoms. The van der Waals surface area contributed by atoms with E-state index in [2.05, 4.69) is 37.9 Å². The maximum Gasteiger partial charge on any atom is 0.222 e. The Labute approximate surface area is 237 Å². The molecule has 0 bridgehead atoms. The van der Waals surface area contributed by atoms with Gasteiger partial charge in [-0.15, -0.1) is 0 Å². The number of hydrogen-bond donors (Lipinski definition) is 1. The number of phenols is 1. The minimum atomic E-state index is 0.0813. The molecule has 1 unspecified atom stereocenters. The molecule has 2 fully saturated rings. The van der Waals surface area contributed by atoms with E-state index in [-0.39, 0.29) is 23.5 Å². The standard InChI is InChI=1S/C29H37Br2N3O3/c30-22-9-12-26(32-20-22)29(24-11-10-23(35)19-25(24)31)21-13-17-34(18-14-21)28(37)8-4-1-3-7-27(36)33-15-5-2-6-16-33/h9-12,19-21,29,35H,1-8,13-18H2. The smallest absolute Gasteiger partial charge is 0.222 e. The zero-order chi connectivity index (χ0) is 26.2. The topological polar surface area (TPSA) is 73.7 Å². The second-order valence-corrected chi connectivity index (χ2v) is 12.1. The number of piperidine rings is 2. The first kappa shape index (κ1) is 28.1. The third-order valence-electron chi connectivity index (χ3n) is 7.74. The number of pyridine rings is 1. The first-order valence-electron chi connectivity index (χ1n) is 13.6. The number of benzene rings is 1. The summed E-state index contributed by atoms with van der Waals surface area (Å²) in [5, 5.41) is 9.91. The first-order valence-corrected chi connectivity index (χ1v) is 15.2. The zero-order valence-electron chi connectivity index (χ0n) is 21.4. The van der Waals surface area contributed by atoms with Gasteiger partial charge in [0.05, 0.1) is 0 Å². The van der Waals surface area contributed by atoms with Crippen molar-refractivity contribution in [3.8, 4) is 5.75 Å². The number of carbonyl (C=O) groups is 2. The molecule has 37 heavy (non-hydrogen) atoms. The van der Waals surface area contributed by atoms with E-state index in [9.17, 15) is 14.7 Å². The van der Waals surface area contributed by atoms with Gasteiger partial charge < -0.3 is 14.9 Å². The van der Waals surface area contributed by atoms with Crippen LogP contribution < -0.4 is 0 Å². The molecule has 2 aromatic rings. The van der Waals surface area contributed by atoms with E-state index in [1.807, 2.05) is 28.1 Å². The van der Waals surface area contributed by atoms with Crippen molar-refractivity contribution in [3.05, 3.63) is 56.7 Å². The van der Waals surface area contributed by atoms with Crippen molar-refractivity contribution in [2.24, 2.45) is 5.92 Å². The number of carbonyl (C=O) groups excluding carboxylic acids is 2. The summed E-state index contributed by atoms with van der Waals surface area (Å²) in [6, 6.07) is 9.51. The predicted octanol–water partition coefficient (Wildman–Crippen LogP) is 6.65. The van der Waals surface area contributed by atoms with Crippen LogP contribution in [0.5, 0.6) is 5.75 Å². The number of amides is 2. The Hall–Kier alpha value is -1.93. The maximum absolute atomic E-state index is 12.9. The highest BCUT2D eigenvalue weighted by Gasteiger charge is 2.32. The van der Waals surface area contributed by atoms with E-state index in [1.165, 1.54) is 6.42 Å². The summed E-state index contributed by atoms with van der Waals surface area (Å²) in [6.07, 6.45) is 10.9. The number of aromatic nitrogens is 1. The monoisotopic (exact) mass is 633 g/mol. The molecule has 1 aromatic carbocycles. The van der Waals surface area contributed by atoms with Gasteiger partial charge in [0.15, 0.2) is 0 Å². The Bertz CT molecular complexity index is 1050. The van der Waals surface area contributed by atoms with Gasteiger partial charge >= 0.3 is 0 Å². The summed E-state index contributed by atoms with van der Waals surface area (Å²) in [6.45, 7) is 3.32. The zero-order valence-corrected chi connectivity index (χ0v) is 24.6. The van der Waals surface area contributed by atoms with Crippen LogP contribution in [0.1, 0.15) is 81.4 Å². The van der Waals surface area contributed by atoms with Crippen LogP contribution in [0.4, 0.5) is 0 Å². The fourth-order valence-corrected chi connectivity index (χ4v) is 6.51. The lowest BCUT2D eigenvalue weighted by Crippen LogP contribution is -2.40. The lowest BCUT2D eigenvalue weighted by atomic mass is 9.78. The Morgan fingerprint density at radius 1 is 0.892 bits per heavy atom. The van der Waals surface area contributed by atoms with Crippen molar-refractivity contribution in [3.63, 3.8) is 0 Å². The van der Waals surface area contributed by atoms with Crippen molar-refractivity contribution < 1.29 is 14.7 Å². The largest absolute Gasteiger partial charge is 0.508 e. The van der Waals surface area contributed by atoms with Crippen LogP contribution in [-0.4, -0.2) is 57.9 Å². The van der Waals surface area contributed by atoms with Crippen LogP contribution in [-0.2, 0) is 9.59 Å². The fraction of sp³-hybridized carbons (Fsp3) is 0.552. The van der Waals surface area contributed by atoms with Crippen molar-refractivity contribution in [2.75, 3.05) is 26.2 Å². The summed E-state index contributed by atoms with van der Waals surface area (Å²) >= 11 is 7.13. The Morgan fingerprint density at radius 3 is 2.14 bits per heavy atom. The van der Waals surface area contributed by atoms with Gasteiger partial charge in [0, 0.05) is 65.8 Å². The van der Waals surface area contributed by atoms with Gasteiger partial charge in [0.1, 0.15) is 5.75 Å². The number of hydrogen-bond acceptors (Lipinski definition) is 4. The van der Waals surface area contributed by atoms with Crippen molar-refractivity contribution in [2.45, 2.75) is 70.1 Å². The minimum Gasteiger partial charge on any atom is -0.508 e. The van der Waals surface area contributed by atoms with Gasteiger partial charge in [-0.1, -0.05) is 28.4 Å². The van der Waals surface area contributed by atoms with E-state index in [0.29, 0.717) is 18.8 Å². The fourth-order valence-electron chi connectivity index (χ4n) is 5.67. The molecule has 1 aromatic heterocycles. The van der Waals surface area contributed by atoms with E-state index < -0.39 is 0 Å². The van der Waals surface area contributed by atoms with Crippen LogP contribution in [0, 0.1) is 5.92 Å². The third-order valence-corrected chi connectivity index (χ3v) is 8.90. The number of halogens is 2. The van der Waals surface area contributed by atoms with E-state index >= 15 is 0 Å². The molecule has 2 amide bonds. The second kappa shape index (κ2) is 13.7. The molecule has 0 spiro atoms. The summed E-state index contributed by atoms with van der Waals surface area (Å²) in [5.41, 5.74) is 2.11. The number of rotatable bonds is 9. The number of nitrogens with zero attached hydrogens (tertiary/aromatic N) is 3. The van der Waals surface area contributed by atoms with Gasteiger partial charge in [-0.2, -0.15) is 0 Å². The highest BCUT2D eigenvalue weighted by molar-refractivity contribution is 9.10. The van der Waals surface area contributed by atoms with Crippen LogP contribution >= 0.6 is 31.9 Å². The first-order chi connectivity index (χ1) is 17.9. The summed E-state index contributed by atoms with van der Waals surface area (Å²) < 4.78 is 1.82. The van der Waals surface area contributed by atoms with Crippen molar-refractivity contribution in [1.29, 1.82) is 0 Å². The van der Waals surface area contributed by atoms with Crippen molar-refractivity contribution >= 4 is 43.7 Å². The molecule has 2 saturated heterocycles. The maximum atomic E-state index is 12.9. The molecule has 3 heterocycles. The molecule has 0 saturated carbocycles. The van der Waals surface area contributed by atoms with Gasteiger partial charge in [-0.3, -0.25) is 14.6 Å². The molecule has 6 nitrogen and oxygen atoms in total. The summed E-state index contributed by atoms with van der Waals surface area (Å²) in [5.74, 6) is 1.17. The van der Waals surface area contributed by atoms with E-state index in [0.717, 1.165) is 91.3 Å². The average molecular weight is 635 g/mol. The number of phenolic OH excluding ortho intramolecular Hbond substituents is 1. The normalized spacial score (nSPS) is 17.6. The Morgan fingerprint density at radius 2 is 1.54 bits per heavy atom. The van der Waals surface area contributed by atoms with Crippen LogP contribution in [0.3, 0.4) is 0 Å². The van der Waals surface area contributed by atoms with Gasteiger partial charge in [0.2, 0.25) is 11.8 Å². The van der Waals surface area contributed by atoms with E-state index in [4.69, 9.17) is 4.98 Å². The van der Waals surface area contributed by atoms with Gasteiger partial charge in [0.25, 0.3) is 0 Å². The SMILES string of the molecule is O=C(CCCCCC(=O)N1CCC(C(c2ccc(Br)cn2)c2ccc(O)cc2Br)CC1)N1CCCCC1. The highest BCUT2D eigenvalue weighted by atomic mass is 79.9. The number of aromatic hydroxyl groups is 1. The van der Waals surface area contributed by atoms with Crippen LogP contribution in [0.2, 0.25) is 0 Å². The number of unbranched alkanes of at least 4 members (excludes halogenated alkanes) is 2. The lowest BCUT2D eigenvalue weighted by molar-refractivity contribution is -0.132. The molecule has 200 valence electrons. The molecular formula is C29H37Br2N3O3. The Balaban J connectivity index is 1.27. The van der Waals surface area contributed by atoms with Crippen LogP contribution in [0.15, 0.2) is 45.5 Å². The summed E-state index contributed by atoms with van der Waals surface area (Å²) in [7, 11) is 0. The molecule has 2 aliphatic heterocycles. The molecule has 0 radical (unpaired) electrons. The van der Waals surface area contributed by atoms with Gasteiger partial charge in [-0.25, -0.2) is 0 Å². The molecule has 4 rings (SSSR count). The highest BCUT2D eigenvalue weighted by Crippen LogP contribution is 2.41. The molecule has 1 N–H and O–H groups in total. The van der Waals surface area contributed by atoms with E-state index in [1.54, 1.807) is 12.1 Å². The third kappa shape index (κ3) is 7.79. The molecule has 0 aliphatic carbocycles. The number of likely N-dealkylation sites (tertiary alicyclic amines) is 2. The van der Waals surface area contributed by atoms with Gasteiger partial charge in [-0.05, 0) is 96.6 Å². The predicted molar refractivity (Wildman–Crippen MR) is 152 cm³/mol. The summed E-state index contributed by atoms with van der Waals surface area (Å²) in [4.78, 5) is 33.9. The van der Waals surface area contributed by atoms with Crippen molar-refractivity contribution in [1.82, 2.24) is 14.8 Å². The quantitative estimate of drug-likeness (QED) is 0.314. The second-order valence-electron chi connectivity index (χ2n) is 10.3. The minimum absolute atomic E-state index is 0.0813. The average Bonchev–Trinajstić information content (AvgIpc) is 2.91. The van der Waals surface area contributed by atoms with Crippen LogP contribution in [0.25, 0.3) is 0 Å². The molecular weight excluding hydrogens is 598 g/mol.